The van der Waals surface area contributed by atoms with Crippen molar-refractivity contribution < 1.29 is 14.3 Å². The van der Waals surface area contributed by atoms with Crippen LogP contribution in [0.1, 0.15) is 32.7 Å². The Balaban J connectivity index is 2.00. The van der Waals surface area contributed by atoms with E-state index >= 15 is 0 Å². The smallest absolute Gasteiger partial charge is 0.351 e. The van der Waals surface area contributed by atoms with Gasteiger partial charge in [-0.1, -0.05) is 22.9 Å². The first-order valence-corrected chi connectivity index (χ1v) is 8.72. The van der Waals surface area contributed by atoms with Gasteiger partial charge in [-0.05, 0) is 13.8 Å². The lowest BCUT2D eigenvalue weighted by Crippen LogP contribution is -2.40. The topological polar surface area (TPSA) is 69.5 Å². The maximum atomic E-state index is 11.8. The minimum absolute atomic E-state index is 0.0137. The van der Waals surface area contributed by atoms with Crippen LogP contribution in [-0.2, 0) is 16.5 Å². The van der Waals surface area contributed by atoms with E-state index in [4.69, 9.17) is 21.1 Å². The lowest BCUT2D eigenvalue weighted by molar-refractivity contribution is 0.0606. The van der Waals surface area contributed by atoms with E-state index in [1.165, 1.54) is 18.4 Å². The SMILES string of the molecule is COC(=O)c1sc(N2CCOCC2c2c(C)nn(C)c2C)nc1Cl. The first kappa shape index (κ1) is 17.2. The summed E-state index contributed by atoms with van der Waals surface area (Å²) in [4.78, 5) is 18.6. The molecule has 0 spiro atoms. The molecule has 0 saturated carbocycles. The summed E-state index contributed by atoms with van der Waals surface area (Å²) in [5.41, 5.74) is 3.18. The normalized spacial score (nSPS) is 18.0. The van der Waals surface area contributed by atoms with Gasteiger partial charge in [-0.3, -0.25) is 4.68 Å². The average molecular weight is 371 g/mol. The fraction of sp³-hybridized carbons (Fsp3) is 0.533. The van der Waals surface area contributed by atoms with Gasteiger partial charge in [0.1, 0.15) is 0 Å². The van der Waals surface area contributed by atoms with Crippen LogP contribution in [0, 0.1) is 13.8 Å². The maximum absolute atomic E-state index is 11.8. The number of carbonyl (C=O) groups is 1. The van der Waals surface area contributed by atoms with Gasteiger partial charge in [-0.2, -0.15) is 5.10 Å². The van der Waals surface area contributed by atoms with E-state index in [-0.39, 0.29) is 11.2 Å². The Morgan fingerprint density at radius 2 is 2.21 bits per heavy atom. The number of aromatic nitrogens is 3. The van der Waals surface area contributed by atoms with Gasteiger partial charge in [0.15, 0.2) is 15.2 Å². The van der Waals surface area contributed by atoms with Gasteiger partial charge in [0.2, 0.25) is 0 Å². The Labute approximate surface area is 149 Å². The standard InChI is InChI=1S/C15H19ClN4O3S/c1-8-11(9(2)19(3)18-8)10-7-23-6-5-20(10)15-17-13(16)12(24-15)14(21)22-4/h10H,5-7H2,1-4H3. The van der Waals surface area contributed by atoms with Gasteiger partial charge in [0.05, 0.1) is 32.1 Å². The molecule has 2 aromatic rings. The van der Waals surface area contributed by atoms with E-state index in [0.29, 0.717) is 29.8 Å². The van der Waals surface area contributed by atoms with E-state index < -0.39 is 5.97 Å². The summed E-state index contributed by atoms with van der Waals surface area (Å²) in [6, 6.07) is -0.0137. The van der Waals surface area contributed by atoms with Crippen molar-refractivity contribution in [3.8, 4) is 0 Å². The van der Waals surface area contributed by atoms with Gasteiger partial charge in [0, 0.05) is 24.8 Å². The minimum Gasteiger partial charge on any atom is -0.465 e. The van der Waals surface area contributed by atoms with Crippen LogP contribution >= 0.6 is 22.9 Å². The molecule has 0 aliphatic carbocycles. The number of hydrogen-bond acceptors (Lipinski definition) is 7. The predicted octanol–water partition coefficient (Wildman–Crippen LogP) is 2.51. The zero-order valence-electron chi connectivity index (χ0n) is 14.0. The lowest BCUT2D eigenvalue weighted by atomic mass is 10.0. The molecule has 0 bridgehead atoms. The fourth-order valence-corrected chi connectivity index (χ4v) is 4.25. The number of morpholine rings is 1. The summed E-state index contributed by atoms with van der Waals surface area (Å²) in [6.45, 7) is 5.83. The van der Waals surface area contributed by atoms with Crippen molar-refractivity contribution in [2.24, 2.45) is 7.05 Å². The zero-order chi connectivity index (χ0) is 17.4. The third-order valence-corrected chi connectivity index (χ3v) is 5.68. The highest BCUT2D eigenvalue weighted by atomic mass is 35.5. The Hall–Kier alpha value is -1.64. The molecule has 3 heterocycles. The highest BCUT2D eigenvalue weighted by molar-refractivity contribution is 7.18. The number of esters is 1. The van der Waals surface area contributed by atoms with Crippen LogP contribution < -0.4 is 4.90 Å². The molecule has 130 valence electrons. The molecule has 0 amide bonds. The van der Waals surface area contributed by atoms with Crippen molar-refractivity contribution in [2.75, 3.05) is 31.8 Å². The molecule has 0 radical (unpaired) electrons. The van der Waals surface area contributed by atoms with Gasteiger partial charge in [-0.15, -0.1) is 0 Å². The van der Waals surface area contributed by atoms with E-state index in [0.717, 1.165) is 17.0 Å². The quantitative estimate of drug-likeness (QED) is 0.773. The number of methoxy groups -OCH3 is 1. The molecule has 1 unspecified atom stereocenters. The van der Waals surface area contributed by atoms with E-state index in [9.17, 15) is 4.79 Å². The Kier molecular flexibility index (Phi) is 4.80. The number of ether oxygens (including phenoxy) is 2. The Morgan fingerprint density at radius 1 is 1.46 bits per heavy atom. The molecule has 2 aromatic heterocycles. The molecular weight excluding hydrogens is 352 g/mol. The molecule has 3 rings (SSSR count). The third kappa shape index (κ3) is 2.89. The van der Waals surface area contributed by atoms with Crippen LogP contribution in [0.25, 0.3) is 0 Å². The van der Waals surface area contributed by atoms with Crippen LogP contribution in [0.2, 0.25) is 5.15 Å². The maximum Gasteiger partial charge on any atom is 0.351 e. The molecule has 9 heteroatoms. The number of hydrogen-bond donors (Lipinski definition) is 0. The molecule has 1 fully saturated rings. The largest absolute Gasteiger partial charge is 0.465 e. The summed E-state index contributed by atoms with van der Waals surface area (Å²) in [6.07, 6.45) is 0. The van der Waals surface area contributed by atoms with Crippen molar-refractivity contribution in [1.82, 2.24) is 14.8 Å². The lowest BCUT2D eigenvalue weighted by Gasteiger charge is -2.35. The number of thiazole rings is 1. The van der Waals surface area contributed by atoms with Gasteiger partial charge in [-0.25, -0.2) is 9.78 Å². The molecule has 24 heavy (non-hydrogen) atoms. The number of anilines is 1. The molecule has 0 aromatic carbocycles. The molecule has 0 N–H and O–H groups in total. The number of halogens is 1. The summed E-state index contributed by atoms with van der Waals surface area (Å²) in [5.74, 6) is -0.470. The minimum atomic E-state index is -0.470. The van der Waals surface area contributed by atoms with Gasteiger partial charge < -0.3 is 14.4 Å². The highest BCUT2D eigenvalue weighted by Crippen LogP contribution is 2.37. The van der Waals surface area contributed by atoms with Crippen LogP contribution in [0.15, 0.2) is 0 Å². The first-order valence-electron chi connectivity index (χ1n) is 7.53. The molecule has 1 aliphatic rings. The summed E-state index contributed by atoms with van der Waals surface area (Å²) in [7, 11) is 3.26. The number of aryl methyl sites for hydroxylation is 2. The van der Waals surface area contributed by atoms with Crippen LogP contribution in [0.3, 0.4) is 0 Å². The van der Waals surface area contributed by atoms with Crippen molar-refractivity contribution in [2.45, 2.75) is 19.9 Å². The highest BCUT2D eigenvalue weighted by Gasteiger charge is 2.32. The van der Waals surface area contributed by atoms with Crippen molar-refractivity contribution >= 4 is 34.0 Å². The average Bonchev–Trinajstić information content (AvgIpc) is 3.07. The van der Waals surface area contributed by atoms with Gasteiger partial charge in [0.25, 0.3) is 0 Å². The van der Waals surface area contributed by atoms with Crippen LogP contribution in [0.5, 0.6) is 0 Å². The summed E-state index contributed by atoms with van der Waals surface area (Å²) < 4.78 is 12.3. The molecule has 1 aliphatic heterocycles. The molecule has 1 saturated heterocycles. The second kappa shape index (κ2) is 6.70. The number of carbonyl (C=O) groups excluding carboxylic acids is 1. The zero-order valence-corrected chi connectivity index (χ0v) is 15.6. The molecule has 7 nitrogen and oxygen atoms in total. The number of rotatable bonds is 3. The number of nitrogens with zero attached hydrogens (tertiary/aromatic N) is 4. The second-order valence-electron chi connectivity index (χ2n) is 5.60. The first-order chi connectivity index (χ1) is 11.4. The fourth-order valence-electron chi connectivity index (χ4n) is 2.98. The van der Waals surface area contributed by atoms with E-state index in [1.54, 1.807) is 0 Å². The summed E-state index contributed by atoms with van der Waals surface area (Å²) in [5, 5.41) is 5.36. The van der Waals surface area contributed by atoms with E-state index in [2.05, 4.69) is 15.0 Å². The Morgan fingerprint density at radius 3 is 2.83 bits per heavy atom. The molecular formula is C15H19ClN4O3S. The Bertz CT molecular complexity index is 773. The van der Waals surface area contributed by atoms with Crippen LogP contribution in [0.4, 0.5) is 5.13 Å². The summed E-state index contributed by atoms with van der Waals surface area (Å²) >= 11 is 7.36. The van der Waals surface area contributed by atoms with Crippen molar-refractivity contribution in [1.29, 1.82) is 0 Å². The van der Waals surface area contributed by atoms with Crippen molar-refractivity contribution in [3.05, 3.63) is 27.0 Å². The van der Waals surface area contributed by atoms with E-state index in [1.807, 2.05) is 25.6 Å². The van der Waals surface area contributed by atoms with Crippen LogP contribution in [-0.4, -0.2) is 47.6 Å². The van der Waals surface area contributed by atoms with Crippen molar-refractivity contribution in [3.63, 3.8) is 0 Å². The monoisotopic (exact) mass is 370 g/mol. The molecule has 1 atom stereocenters. The van der Waals surface area contributed by atoms with Gasteiger partial charge >= 0.3 is 5.97 Å². The predicted molar refractivity (Wildman–Crippen MR) is 92.1 cm³/mol. The second-order valence-corrected chi connectivity index (χ2v) is 6.94. The third-order valence-electron chi connectivity index (χ3n) is 4.22.